The predicted molar refractivity (Wildman–Crippen MR) is 70.0 cm³/mol. The highest BCUT2D eigenvalue weighted by Crippen LogP contribution is 2.43. The summed E-state index contributed by atoms with van der Waals surface area (Å²) in [5.41, 5.74) is 0.294. The molecule has 4 aliphatic heterocycles. The van der Waals surface area contributed by atoms with E-state index >= 15 is 0 Å². The number of nitrogens with one attached hydrogen (secondary N) is 3. The van der Waals surface area contributed by atoms with Crippen molar-refractivity contribution in [2.24, 2.45) is 11.3 Å². The molecule has 0 saturated carbocycles. The van der Waals surface area contributed by atoms with Crippen LogP contribution < -0.4 is 16.0 Å². The summed E-state index contributed by atoms with van der Waals surface area (Å²) in [7, 11) is 0. The Bertz CT molecular complexity index is 312. The Labute approximate surface area is 109 Å². The molecule has 0 aromatic rings. The fraction of sp³-hybridized carbons (Fsp3) is 0.929. The third-order valence-electron chi connectivity index (χ3n) is 5.30. The fourth-order valence-corrected chi connectivity index (χ4v) is 4.50. The molecule has 4 heterocycles. The summed E-state index contributed by atoms with van der Waals surface area (Å²) in [6.45, 7) is 5.27. The van der Waals surface area contributed by atoms with E-state index in [2.05, 4.69) is 16.0 Å². The number of hydrogen-bond donors (Lipinski definition) is 3. The molecule has 101 valence electrons. The first kappa shape index (κ1) is 11.6. The molecular weight excluding hydrogens is 226 g/mol. The van der Waals surface area contributed by atoms with E-state index in [4.69, 9.17) is 4.74 Å². The first-order chi connectivity index (χ1) is 8.86. The maximum Gasteiger partial charge on any atom is 0.0550 e. The van der Waals surface area contributed by atoms with Crippen molar-refractivity contribution in [2.75, 3.05) is 32.8 Å². The molecule has 4 atom stereocenters. The second-order valence-corrected chi connectivity index (χ2v) is 6.66. The van der Waals surface area contributed by atoms with Crippen LogP contribution in [0.2, 0.25) is 0 Å². The van der Waals surface area contributed by atoms with E-state index in [9.17, 15) is 0 Å². The largest absolute Gasteiger partial charge is 0.380 e. The first-order valence-electron chi connectivity index (χ1n) is 7.50. The zero-order valence-electron chi connectivity index (χ0n) is 11.0. The summed E-state index contributed by atoms with van der Waals surface area (Å²) in [5, 5.41) is 11.2. The average Bonchev–Trinajstić information content (AvgIpc) is 2.70. The van der Waals surface area contributed by atoms with E-state index in [0.717, 1.165) is 44.8 Å². The highest BCUT2D eigenvalue weighted by molar-refractivity contribution is 5.16. The van der Waals surface area contributed by atoms with Gasteiger partial charge < -0.3 is 20.7 Å². The monoisotopic (exact) mass is 250 g/mol. The van der Waals surface area contributed by atoms with E-state index in [1.165, 1.54) is 25.7 Å². The van der Waals surface area contributed by atoms with Crippen LogP contribution in [0, 0.1) is 17.4 Å². The van der Waals surface area contributed by atoms with E-state index in [1.807, 2.05) is 0 Å². The molecule has 1 radical (unpaired) electrons. The Hall–Kier alpha value is -0.160. The lowest BCUT2D eigenvalue weighted by Crippen LogP contribution is -2.63. The Morgan fingerprint density at radius 3 is 3.28 bits per heavy atom. The van der Waals surface area contributed by atoms with Gasteiger partial charge in [0.05, 0.1) is 19.3 Å². The second-order valence-electron chi connectivity index (χ2n) is 6.66. The minimum atomic E-state index is 0.294. The van der Waals surface area contributed by atoms with Gasteiger partial charge in [-0.2, -0.15) is 0 Å². The van der Waals surface area contributed by atoms with Crippen LogP contribution in [0.25, 0.3) is 0 Å². The van der Waals surface area contributed by atoms with Gasteiger partial charge in [-0.1, -0.05) is 0 Å². The third-order valence-corrected chi connectivity index (χ3v) is 5.30. The maximum absolute atomic E-state index is 5.92. The van der Waals surface area contributed by atoms with Crippen molar-refractivity contribution >= 4 is 0 Å². The lowest BCUT2D eigenvalue weighted by atomic mass is 9.68. The lowest BCUT2D eigenvalue weighted by molar-refractivity contribution is -0.0758. The van der Waals surface area contributed by atoms with Gasteiger partial charge in [-0.05, 0) is 38.1 Å². The lowest BCUT2D eigenvalue weighted by Gasteiger charge is -2.51. The molecule has 0 aromatic carbocycles. The molecule has 3 N–H and O–H groups in total. The highest BCUT2D eigenvalue weighted by atomic mass is 16.5. The van der Waals surface area contributed by atoms with E-state index < -0.39 is 0 Å². The smallest absolute Gasteiger partial charge is 0.0550 e. The summed E-state index contributed by atoms with van der Waals surface area (Å²) < 4.78 is 5.92. The fourth-order valence-electron chi connectivity index (χ4n) is 4.50. The Morgan fingerprint density at radius 1 is 1.28 bits per heavy atom. The summed E-state index contributed by atoms with van der Waals surface area (Å²) in [5.74, 6) is 0.718. The molecule has 18 heavy (non-hydrogen) atoms. The van der Waals surface area contributed by atoms with Crippen molar-refractivity contribution < 1.29 is 4.74 Å². The number of ether oxygens (including phenoxy) is 1. The van der Waals surface area contributed by atoms with Crippen molar-refractivity contribution in [3.63, 3.8) is 0 Å². The van der Waals surface area contributed by atoms with E-state index in [-0.39, 0.29) is 0 Å². The summed E-state index contributed by atoms with van der Waals surface area (Å²) in [6, 6.07) is 2.80. The molecule has 4 bridgehead atoms. The molecule has 4 saturated heterocycles. The van der Waals surface area contributed by atoms with Crippen LogP contribution in [0.5, 0.6) is 0 Å². The second kappa shape index (κ2) is 4.44. The maximum atomic E-state index is 5.92. The van der Waals surface area contributed by atoms with Crippen molar-refractivity contribution in [3.05, 3.63) is 6.04 Å². The standard InChI is InChI=1S/C14H24N3O/c1-2-12-13(16-4-3-11(1)17-12)14-5-10(6-15-8-14)7-18-9-14/h10-11,13,15-17H,1-9H2. The van der Waals surface area contributed by atoms with Crippen molar-refractivity contribution in [1.82, 2.24) is 16.0 Å². The van der Waals surface area contributed by atoms with Crippen LogP contribution in [-0.2, 0) is 4.74 Å². The summed E-state index contributed by atoms with van der Waals surface area (Å²) >= 11 is 0. The number of piperidine rings is 1. The molecule has 0 aromatic heterocycles. The van der Waals surface area contributed by atoms with Gasteiger partial charge in [0, 0.05) is 30.6 Å². The van der Waals surface area contributed by atoms with Crippen LogP contribution >= 0.6 is 0 Å². The molecule has 0 spiro atoms. The third kappa shape index (κ3) is 1.82. The topological polar surface area (TPSA) is 45.3 Å². The van der Waals surface area contributed by atoms with Gasteiger partial charge in [0.1, 0.15) is 0 Å². The molecule has 0 amide bonds. The van der Waals surface area contributed by atoms with Crippen LogP contribution in [0.1, 0.15) is 25.7 Å². The molecule has 4 heteroatoms. The minimum absolute atomic E-state index is 0.294. The molecule has 4 rings (SSSR count). The number of hydrogen-bond acceptors (Lipinski definition) is 4. The average molecular weight is 250 g/mol. The van der Waals surface area contributed by atoms with Crippen LogP contribution in [0.15, 0.2) is 0 Å². The summed E-state index contributed by atoms with van der Waals surface area (Å²) in [6.07, 6.45) is 5.19. The minimum Gasteiger partial charge on any atom is -0.380 e. The molecule has 4 unspecified atom stereocenters. The Kier molecular flexibility index (Phi) is 2.87. The van der Waals surface area contributed by atoms with Gasteiger partial charge in [-0.15, -0.1) is 0 Å². The highest BCUT2D eigenvalue weighted by Gasteiger charge is 2.50. The first-order valence-corrected chi connectivity index (χ1v) is 7.50. The summed E-state index contributed by atoms with van der Waals surface area (Å²) in [4.78, 5) is 0. The predicted octanol–water partition coefficient (Wildman–Crippen LogP) is 0.258. The van der Waals surface area contributed by atoms with Crippen molar-refractivity contribution in [1.29, 1.82) is 0 Å². The van der Waals surface area contributed by atoms with Crippen LogP contribution in [-0.4, -0.2) is 44.9 Å². The number of rotatable bonds is 1. The van der Waals surface area contributed by atoms with Gasteiger partial charge in [-0.3, -0.25) is 0 Å². The zero-order chi connectivity index (χ0) is 12.0. The van der Waals surface area contributed by atoms with Gasteiger partial charge >= 0.3 is 0 Å². The SMILES string of the molecule is C1CC2CC[C](N2)C(C23CNCC(COC2)C3)N1. The van der Waals surface area contributed by atoms with Gasteiger partial charge in [0.2, 0.25) is 0 Å². The van der Waals surface area contributed by atoms with Crippen molar-refractivity contribution in [2.45, 2.75) is 37.8 Å². The van der Waals surface area contributed by atoms with E-state index in [1.54, 1.807) is 6.04 Å². The molecule has 0 aliphatic carbocycles. The van der Waals surface area contributed by atoms with Gasteiger partial charge in [0.15, 0.2) is 0 Å². The van der Waals surface area contributed by atoms with Gasteiger partial charge in [0.25, 0.3) is 0 Å². The van der Waals surface area contributed by atoms with Crippen LogP contribution in [0.3, 0.4) is 0 Å². The van der Waals surface area contributed by atoms with Crippen LogP contribution in [0.4, 0.5) is 0 Å². The zero-order valence-corrected chi connectivity index (χ0v) is 11.0. The molecule has 4 fully saturated rings. The number of fused-ring (bicyclic) bond motifs is 4. The Balaban J connectivity index is 1.59. The Morgan fingerprint density at radius 2 is 2.28 bits per heavy atom. The molecule has 4 nitrogen and oxygen atoms in total. The normalized spacial score (nSPS) is 49.0. The molecular formula is C14H24N3O. The van der Waals surface area contributed by atoms with E-state index in [0.29, 0.717) is 11.5 Å². The van der Waals surface area contributed by atoms with Crippen molar-refractivity contribution in [3.8, 4) is 0 Å². The van der Waals surface area contributed by atoms with Gasteiger partial charge in [-0.25, -0.2) is 0 Å². The molecule has 4 aliphatic rings. The quantitative estimate of drug-likeness (QED) is 0.625.